The van der Waals surface area contributed by atoms with Gasteiger partial charge in [-0.15, -0.1) is 0 Å². The summed E-state index contributed by atoms with van der Waals surface area (Å²) in [7, 11) is -3.83. The Morgan fingerprint density at radius 3 is 2.48 bits per heavy atom. The second-order valence-electron chi connectivity index (χ2n) is 5.76. The number of aliphatic hydroxyl groups excluding tert-OH is 1. The molecule has 21 heavy (non-hydrogen) atoms. The third-order valence-corrected chi connectivity index (χ3v) is 5.47. The molecule has 0 saturated heterocycles. The van der Waals surface area contributed by atoms with Crippen LogP contribution in [0, 0.1) is 11.2 Å². The molecule has 4 N–H and O–H groups in total. The van der Waals surface area contributed by atoms with E-state index < -0.39 is 21.3 Å². The van der Waals surface area contributed by atoms with E-state index in [2.05, 4.69) is 4.72 Å². The monoisotopic (exact) mass is 316 g/mol. The topological polar surface area (TPSA) is 92.4 Å². The lowest BCUT2D eigenvalue weighted by molar-refractivity contribution is 0.0867. The van der Waals surface area contributed by atoms with Gasteiger partial charge in [0.25, 0.3) is 0 Å². The minimum Gasteiger partial charge on any atom is -0.399 e. The van der Waals surface area contributed by atoms with Crippen molar-refractivity contribution in [1.82, 2.24) is 4.72 Å². The molecule has 0 spiro atoms. The molecule has 0 heterocycles. The molecular weight excluding hydrogens is 295 g/mol. The van der Waals surface area contributed by atoms with Crippen LogP contribution in [0.4, 0.5) is 10.1 Å². The van der Waals surface area contributed by atoms with Gasteiger partial charge >= 0.3 is 0 Å². The summed E-state index contributed by atoms with van der Waals surface area (Å²) in [6.07, 6.45) is 4.65. The lowest BCUT2D eigenvalue weighted by Gasteiger charge is -2.35. The predicted octanol–water partition coefficient (Wildman–Crippen LogP) is 1.63. The van der Waals surface area contributed by atoms with E-state index in [0.29, 0.717) is 0 Å². The molecular formula is C14H21FN2O3S. The summed E-state index contributed by atoms with van der Waals surface area (Å²) in [5.41, 5.74) is 5.12. The van der Waals surface area contributed by atoms with Gasteiger partial charge in [0.2, 0.25) is 10.0 Å². The maximum absolute atomic E-state index is 13.3. The number of nitrogen functional groups attached to an aromatic ring is 1. The fourth-order valence-corrected chi connectivity index (χ4v) is 3.99. The van der Waals surface area contributed by atoms with Crippen molar-refractivity contribution in [3.05, 3.63) is 24.0 Å². The molecule has 5 nitrogen and oxygen atoms in total. The fraction of sp³-hybridized carbons (Fsp3) is 0.571. The highest BCUT2D eigenvalue weighted by Gasteiger charge is 2.33. The Morgan fingerprint density at radius 1 is 1.24 bits per heavy atom. The van der Waals surface area contributed by atoms with Crippen LogP contribution in [0.5, 0.6) is 0 Å². The van der Waals surface area contributed by atoms with Crippen molar-refractivity contribution in [2.75, 3.05) is 18.9 Å². The first kappa shape index (κ1) is 16.2. The second kappa shape index (κ2) is 6.29. The maximum Gasteiger partial charge on any atom is 0.240 e. The van der Waals surface area contributed by atoms with Crippen LogP contribution in [-0.4, -0.2) is 26.7 Å². The number of nitrogens with two attached hydrogens (primary N) is 1. The van der Waals surface area contributed by atoms with Crippen LogP contribution >= 0.6 is 0 Å². The molecule has 2 rings (SSSR count). The minimum atomic E-state index is -3.83. The molecule has 1 fully saturated rings. The summed E-state index contributed by atoms with van der Waals surface area (Å²) >= 11 is 0. The van der Waals surface area contributed by atoms with Gasteiger partial charge in [0.05, 0.1) is 4.90 Å². The molecule has 7 heteroatoms. The largest absolute Gasteiger partial charge is 0.399 e. The number of anilines is 1. The number of aliphatic hydroxyl groups is 1. The number of sulfonamides is 1. The molecule has 0 aliphatic heterocycles. The quantitative estimate of drug-likeness (QED) is 0.720. The zero-order chi connectivity index (χ0) is 15.5. The van der Waals surface area contributed by atoms with Crippen LogP contribution in [0.1, 0.15) is 32.1 Å². The Kier molecular flexibility index (Phi) is 4.85. The molecule has 1 aliphatic carbocycles. The SMILES string of the molecule is Nc1cc(F)cc(S(=O)(=O)NCC2(CO)CCCCC2)c1. The van der Waals surface area contributed by atoms with E-state index >= 15 is 0 Å². The Hall–Kier alpha value is -1.18. The van der Waals surface area contributed by atoms with Crippen molar-refractivity contribution in [3.63, 3.8) is 0 Å². The van der Waals surface area contributed by atoms with Crippen LogP contribution in [0.2, 0.25) is 0 Å². The summed E-state index contributed by atoms with van der Waals surface area (Å²) in [6.45, 7) is 0.100. The Labute approximate surface area is 124 Å². The summed E-state index contributed by atoms with van der Waals surface area (Å²) in [4.78, 5) is -0.191. The normalized spacial score (nSPS) is 18.6. The van der Waals surface area contributed by atoms with Crippen molar-refractivity contribution in [2.45, 2.75) is 37.0 Å². The molecule has 1 aromatic carbocycles. The smallest absolute Gasteiger partial charge is 0.240 e. The van der Waals surface area contributed by atoms with Gasteiger partial charge in [0, 0.05) is 24.3 Å². The van der Waals surface area contributed by atoms with Crippen molar-refractivity contribution in [3.8, 4) is 0 Å². The second-order valence-corrected chi connectivity index (χ2v) is 7.53. The minimum absolute atomic E-state index is 0.0548. The average Bonchev–Trinajstić information content (AvgIpc) is 2.45. The first-order chi connectivity index (χ1) is 9.87. The van der Waals surface area contributed by atoms with Crippen LogP contribution in [0.3, 0.4) is 0 Å². The first-order valence-corrected chi connectivity index (χ1v) is 8.52. The molecule has 0 bridgehead atoms. The molecule has 118 valence electrons. The van der Waals surface area contributed by atoms with E-state index in [1.54, 1.807) is 0 Å². The van der Waals surface area contributed by atoms with E-state index in [1.165, 1.54) is 6.07 Å². The Balaban J connectivity index is 2.13. The van der Waals surface area contributed by atoms with Gasteiger partial charge in [-0.1, -0.05) is 19.3 Å². The summed E-state index contributed by atoms with van der Waals surface area (Å²) < 4.78 is 40.2. The Bertz CT molecular complexity index is 578. The number of nitrogens with one attached hydrogen (secondary N) is 1. The first-order valence-electron chi connectivity index (χ1n) is 7.04. The molecule has 0 radical (unpaired) electrons. The molecule has 0 unspecified atom stereocenters. The van der Waals surface area contributed by atoms with Crippen LogP contribution < -0.4 is 10.5 Å². The molecule has 1 aliphatic rings. The summed E-state index contributed by atoms with van der Waals surface area (Å²) in [6, 6.07) is 3.22. The highest BCUT2D eigenvalue weighted by Crippen LogP contribution is 2.35. The molecule has 1 aromatic rings. The van der Waals surface area contributed by atoms with Gasteiger partial charge in [-0.3, -0.25) is 0 Å². The highest BCUT2D eigenvalue weighted by molar-refractivity contribution is 7.89. The van der Waals surface area contributed by atoms with E-state index in [4.69, 9.17) is 5.73 Å². The summed E-state index contributed by atoms with van der Waals surface area (Å²) in [5, 5.41) is 9.58. The third kappa shape index (κ3) is 3.93. The maximum atomic E-state index is 13.3. The lowest BCUT2D eigenvalue weighted by atomic mass is 9.75. The van der Waals surface area contributed by atoms with Gasteiger partial charge in [-0.25, -0.2) is 17.5 Å². The van der Waals surface area contributed by atoms with Gasteiger partial charge in [-0.05, 0) is 31.0 Å². The van der Waals surface area contributed by atoms with E-state index in [-0.39, 0.29) is 23.7 Å². The number of benzene rings is 1. The predicted molar refractivity (Wildman–Crippen MR) is 78.6 cm³/mol. The molecule has 0 amide bonds. The lowest BCUT2D eigenvalue weighted by Crippen LogP contribution is -2.41. The van der Waals surface area contributed by atoms with Gasteiger partial charge in [0.1, 0.15) is 5.82 Å². The van der Waals surface area contributed by atoms with Crippen LogP contribution in [0.25, 0.3) is 0 Å². The standard InChI is InChI=1S/C14H21FN2O3S/c15-11-6-12(16)8-13(7-11)21(19,20)17-9-14(10-18)4-2-1-3-5-14/h6-8,17-18H,1-5,9-10,16H2. The van der Waals surface area contributed by atoms with Crippen LogP contribution in [-0.2, 0) is 10.0 Å². The zero-order valence-corrected chi connectivity index (χ0v) is 12.6. The number of halogens is 1. The van der Waals surface area contributed by atoms with Crippen molar-refractivity contribution in [2.24, 2.45) is 5.41 Å². The van der Waals surface area contributed by atoms with Crippen molar-refractivity contribution < 1.29 is 17.9 Å². The third-order valence-electron chi connectivity index (χ3n) is 4.09. The van der Waals surface area contributed by atoms with Gasteiger partial charge in [-0.2, -0.15) is 0 Å². The van der Waals surface area contributed by atoms with Crippen molar-refractivity contribution in [1.29, 1.82) is 0 Å². The summed E-state index contributed by atoms with van der Waals surface area (Å²) in [5.74, 6) is -0.690. The van der Waals surface area contributed by atoms with Gasteiger partial charge < -0.3 is 10.8 Å². The molecule has 0 aromatic heterocycles. The van der Waals surface area contributed by atoms with E-state index in [9.17, 15) is 17.9 Å². The number of rotatable bonds is 5. The molecule has 0 atom stereocenters. The zero-order valence-electron chi connectivity index (χ0n) is 11.8. The number of hydrogen-bond donors (Lipinski definition) is 3. The highest BCUT2D eigenvalue weighted by atomic mass is 32.2. The van der Waals surface area contributed by atoms with E-state index in [1.807, 2.05) is 0 Å². The van der Waals surface area contributed by atoms with Crippen molar-refractivity contribution >= 4 is 15.7 Å². The van der Waals surface area contributed by atoms with Gasteiger partial charge in [0.15, 0.2) is 0 Å². The average molecular weight is 316 g/mol. The van der Waals surface area contributed by atoms with E-state index in [0.717, 1.165) is 44.2 Å². The number of hydrogen-bond acceptors (Lipinski definition) is 4. The molecule has 1 saturated carbocycles. The van der Waals surface area contributed by atoms with Crippen LogP contribution in [0.15, 0.2) is 23.1 Å². The fourth-order valence-electron chi connectivity index (χ4n) is 2.76. The Morgan fingerprint density at radius 2 is 1.90 bits per heavy atom.